The first-order valence-corrected chi connectivity index (χ1v) is 7.74. The molecule has 0 aliphatic carbocycles. The van der Waals surface area contributed by atoms with Gasteiger partial charge in [0.05, 0.1) is 0 Å². The van der Waals surface area contributed by atoms with Crippen molar-refractivity contribution >= 4 is 29.7 Å². The molecule has 1 atom stereocenters. The lowest BCUT2D eigenvalue weighted by Crippen LogP contribution is -2.26. The molecule has 6 heteroatoms. The number of carbonyl (C=O) groups excluding carboxylic acids is 1. The Morgan fingerprint density at radius 2 is 2.19 bits per heavy atom. The molecule has 1 amide bonds. The van der Waals surface area contributed by atoms with Gasteiger partial charge in [0.15, 0.2) is 0 Å². The molecule has 21 heavy (non-hydrogen) atoms. The van der Waals surface area contributed by atoms with E-state index in [0.717, 1.165) is 24.6 Å². The zero-order chi connectivity index (χ0) is 15.8. The summed E-state index contributed by atoms with van der Waals surface area (Å²) in [5.41, 5.74) is 0.349. The number of carbonyl (C=O) groups is 2. The van der Waals surface area contributed by atoms with Crippen LogP contribution in [0.15, 0.2) is 24.3 Å². The third kappa shape index (κ3) is 5.99. The van der Waals surface area contributed by atoms with Gasteiger partial charge in [0.2, 0.25) is 0 Å². The number of benzene rings is 1. The van der Waals surface area contributed by atoms with E-state index < -0.39 is 11.8 Å². The van der Waals surface area contributed by atoms with E-state index in [4.69, 9.17) is 5.11 Å². The lowest BCUT2D eigenvalue weighted by atomic mass is 10.1. The molecule has 0 radical (unpaired) electrons. The quantitative estimate of drug-likeness (QED) is 0.760. The van der Waals surface area contributed by atoms with Crippen LogP contribution in [-0.4, -0.2) is 35.0 Å². The van der Waals surface area contributed by atoms with Crippen LogP contribution < -0.4 is 5.32 Å². The number of hydrogen-bond acceptors (Lipinski definition) is 3. The van der Waals surface area contributed by atoms with Crippen molar-refractivity contribution in [3.8, 4) is 0 Å². The van der Waals surface area contributed by atoms with Crippen LogP contribution in [0.25, 0.3) is 6.08 Å². The zero-order valence-electron chi connectivity index (χ0n) is 11.9. The molecule has 0 spiro atoms. The fraction of sp³-hybridized carbons (Fsp3) is 0.333. The number of amides is 1. The number of rotatable bonds is 7. The van der Waals surface area contributed by atoms with Gasteiger partial charge in [-0.05, 0) is 30.9 Å². The summed E-state index contributed by atoms with van der Waals surface area (Å²) < 4.78 is 13.7. The highest BCUT2D eigenvalue weighted by Gasteiger charge is 2.09. The number of halogens is 1. The Bertz CT molecular complexity index is 546. The predicted molar refractivity (Wildman–Crippen MR) is 83.0 cm³/mol. The van der Waals surface area contributed by atoms with Crippen LogP contribution in [0.2, 0.25) is 0 Å². The largest absolute Gasteiger partial charge is 0.478 e. The second-order valence-corrected chi connectivity index (χ2v) is 5.77. The van der Waals surface area contributed by atoms with E-state index >= 15 is 0 Å². The molecule has 0 saturated heterocycles. The Labute approximate surface area is 127 Å². The van der Waals surface area contributed by atoms with Crippen LogP contribution in [0.5, 0.6) is 0 Å². The molecule has 2 N–H and O–H groups in total. The minimum Gasteiger partial charge on any atom is -0.478 e. The first-order chi connectivity index (χ1) is 9.93. The van der Waals surface area contributed by atoms with E-state index in [2.05, 4.69) is 12.2 Å². The third-order valence-corrected chi connectivity index (χ3v) is 3.95. The van der Waals surface area contributed by atoms with Crippen molar-refractivity contribution in [3.63, 3.8) is 0 Å². The maximum atomic E-state index is 13.7. The van der Waals surface area contributed by atoms with Gasteiger partial charge in [0.1, 0.15) is 5.82 Å². The minimum atomic E-state index is -1.15. The molecular weight excluding hydrogens is 293 g/mol. The molecule has 0 aliphatic rings. The standard InChI is InChI=1S/C15H18FNO3S/c1-10(21-2)7-8-17-15(20)12-4-3-11(13(16)9-12)5-6-14(18)19/h3-6,9-10H,7-8H2,1-2H3,(H,17,20)(H,18,19)/b6-5+. The van der Waals surface area contributed by atoms with Gasteiger partial charge >= 0.3 is 5.97 Å². The zero-order valence-corrected chi connectivity index (χ0v) is 12.7. The summed E-state index contributed by atoms with van der Waals surface area (Å²) in [5, 5.41) is 11.7. The van der Waals surface area contributed by atoms with Crippen molar-refractivity contribution < 1.29 is 19.1 Å². The monoisotopic (exact) mass is 311 g/mol. The first kappa shape index (κ1) is 17.2. The molecule has 1 unspecified atom stereocenters. The summed E-state index contributed by atoms with van der Waals surface area (Å²) in [5.74, 6) is -2.12. The first-order valence-electron chi connectivity index (χ1n) is 6.45. The lowest BCUT2D eigenvalue weighted by molar-refractivity contribution is -0.131. The number of hydrogen-bond donors (Lipinski definition) is 2. The summed E-state index contributed by atoms with van der Waals surface area (Å²) in [6, 6.07) is 3.96. The van der Waals surface area contributed by atoms with E-state index in [0.29, 0.717) is 11.8 Å². The molecule has 1 aromatic rings. The molecule has 0 fully saturated rings. The highest BCUT2D eigenvalue weighted by atomic mass is 32.2. The maximum absolute atomic E-state index is 13.7. The Balaban J connectivity index is 2.66. The summed E-state index contributed by atoms with van der Waals surface area (Å²) in [6.45, 7) is 2.60. The topological polar surface area (TPSA) is 66.4 Å². The van der Waals surface area contributed by atoms with Gasteiger partial charge in [-0.1, -0.05) is 13.0 Å². The maximum Gasteiger partial charge on any atom is 0.328 e. The van der Waals surface area contributed by atoms with E-state index in [9.17, 15) is 14.0 Å². The molecule has 0 heterocycles. The molecule has 114 valence electrons. The number of nitrogens with one attached hydrogen (secondary N) is 1. The van der Waals surface area contributed by atoms with Crippen molar-refractivity contribution in [1.82, 2.24) is 5.32 Å². The number of carboxylic acids is 1. The molecule has 0 aromatic heterocycles. The Kier molecular flexibility index (Phi) is 6.94. The highest BCUT2D eigenvalue weighted by molar-refractivity contribution is 7.99. The minimum absolute atomic E-state index is 0.130. The second kappa shape index (κ2) is 8.46. The van der Waals surface area contributed by atoms with Crippen LogP contribution >= 0.6 is 11.8 Å². The van der Waals surface area contributed by atoms with E-state index in [1.807, 2.05) is 6.26 Å². The fourth-order valence-electron chi connectivity index (χ4n) is 1.57. The van der Waals surface area contributed by atoms with Crippen molar-refractivity contribution in [2.24, 2.45) is 0 Å². The summed E-state index contributed by atoms with van der Waals surface area (Å²) in [7, 11) is 0. The molecule has 0 aliphatic heterocycles. The average Bonchev–Trinajstić information content (AvgIpc) is 2.45. The smallest absolute Gasteiger partial charge is 0.328 e. The van der Waals surface area contributed by atoms with Crippen LogP contribution in [0.1, 0.15) is 29.3 Å². The molecule has 0 saturated carbocycles. The fourth-order valence-corrected chi connectivity index (χ4v) is 1.93. The SMILES string of the molecule is CSC(C)CCNC(=O)c1ccc(/C=C/C(=O)O)c(F)c1. The third-order valence-electron chi connectivity index (χ3n) is 2.91. The van der Waals surface area contributed by atoms with Crippen LogP contribution in [-0.2, 0) is 4.79 Å². The van der Waals surface area contributed by atoms with Crippen LogP contribution in [0.4, 0.5) is 4.39 Å². The molecule has 1 aromatic carbocycles. The van der Waals surface area contributed by atoms with Gasteiger partial charge in [-0.25, -0.2) is 9.18 Å². The Morgan fingerprint density at radius 3 is 2.76 bits per heavy atom. The van der Waals surface area contributed by atoms with E-state index in [1.54, 1.807) is 11.8 Å². The van der Waals surface area contributed by atoms with Gasteiger partial charge < -0.3 is 10.4 Å². The molecule has 1 rings (SSSR count). The van der Waals surface area contributed by atoms with Crippen molar-refractivity contribution in [2.75, 3.05) is 12.8 Å². The second-order valence-electron chi connectivity index (χ2n) is 4.50. The summed E-state index contributed by atoms with van der Waals surface area (Å²) >= 11 is 1.72. The van der Waals surface area contributed by atoms with Gasteiger partial charge in [0, 0.05) is 29.0 Å². The van der Waals surface area contributed by atoms with Gasteiger partial charge in [-0.3, -0.25) is 4.79 Å². The van der Waals surface area contributed by atoms with Crippen LogP contribution in [0.3, 0.4) is 0 Å². The van der Waals surface area contributed by atoms with E-state index in [1.165, 1.54) is 12.1 Å². The van der Waals surface area contributed by atoms with Crippen molar-refractivity contribution in [1.29, 1.82) is 0 Å². The summed E-state index contributed by atoms with van der Waals surface area (Å²) in [4.78, 5) is 22.2. The molecule has 4 nitrogen and oxygen atoms in total. The predicted octanol–water partition coefficient (Wildman–Crippen LogP) is 2.79. The summed E-state index contributed by atoms with van der Waals surface area (Å²) in [6.07, 6.45) is 4.85. The van der Waals surface area contributed by atoms with Gasteiger partial charge in [-0.15, -0.1) is 0 Å². The van der Waals surface area contributed by atoms with Crippen LogP contribution in [0, 0.1) is 5.82 Å². The normalized spacial score (nSPS) is 12.3. The van der Waals surface area contributed by atoms with E-state index in [-0.39, 0.29) is 17.0 Å². The number of thioether (sulfide) groups is 1. The average molecular weight is 311 g/mol. The lowest BCUT2D eigenvalue weighted by Gasteiger charge is -2.09. The van der Waals surface area contributed by atoms with Gasteiger partial charge in [0.25, 0.3) is 5.91 Å². The van der Waals surface area contributed by atoms with Crippen molar-refractivity contribution in [2.45, 2.75) is 18.6 Å². The Morgan fingerprint density at radius 1 is 1.48 bits per heavy atom. The number of carboxylic acid groups (broad SMARTS) is 1. The number of aliphatic carboxylic acids is 1. The highest BCUT2D eigenvalue weighted by Crippen LogP contribution is 2.13. The van der Waals surface area contributed by atoms with Crippen molar-refractivity contribution in [3.05, 3.63) is 41.2 Å². The Hall–Kier alpha value is -1.82. The van der Waals surface area contributed by atoms with Gasteiger partial charge in [-0.2, -0.15) is 11.8 Å². The molecule has 0 bridgehead atoms. The molecular formula is C15H18FNO3S.